The quantitative estimate of drug-likeness (QED) is 0.910. The monoisotopic (exact) mass is 298 g/mol. The maximum Gasteiger partial charge on any atom is 0.0730 e. The number of halogens is 1. The summed E-state index contributed by atoms with van der Waals surface area (Å²) in [6.07, 6.45) is 4.09. The van der Waals surface area contributed by atoms with Crippen molar-refractivity contribution in [2.24, 2.45) is 0 Å². The summed E-state index contributed by atoms with van der Waals surface area (Å²) in [7, 11) is 2.11. The summed E-state index contributed by atoms with van der Waals surface area (Å²) in [6.45, 7) is 3.12. The van der Waals surface area contributed by atoms with E-state index in [0.717, 1.165) is 29.6 Å². The summed E-state index contributed by atoms with van der Waals surface area (Å²) in [4.78, 5) is 6.64. The summed E-state index contributed by atoms with van der Waals surface area (Å²) in [6, 6.07) is 4.39. The lowest BCUT2D eigenvalue weighted by Gasteiger charge is -2.41. The van der Waals surface area contributed by atoms with Crippen LogP contribution in [0.1, 0.15) is 25.5 Å². The minimum atomic E-state index is -0.591. The fourth-order valence-electron chi connectivity index (χ4n) is 2.42. The number of nitrogens with zero attached hydrogens (tertiary/aromatic N) is 2. The third-order valence-corrected chi connectivity index (χ3v) is 4.13. The van der Waals surface area contributed by atoms with Crippen LogP contribution in [0.5, 0.6) is 0 Å². The number of piperidine rings is 1. The molecule has 1 fully saturated rings. The molecule has 0 aliphatic carbocycles. The number of aromatic nitrogens is 1. The number of rotatable bonds is 2. The van der Waals surface area contributed by atoms with E-state index in [9.17, 15) is 5.11 Å². The summed E-state index contributed by atoms with van der Waals surface area (Å²) in [5, 5.41) is 10.6. The van der Waals surface area contributed by atoms with Gasteiger partial charge in [-0.3, -0.25) is 4.98 Å². The second-order valence-corrected chi connectivity index (χ2v) is 6.07. The topological polar surface area (TPSA) is 36.4 Å². The first-order chi connectivity index (χ1) is 7.98. The molecule has 2 unspecified atom stereocenters. The van der Waals surface area contributed by atoms with Crippen LogP contribution in [-0.4, -0.2) is 40.2 Å². The Morgan fingerprint density at radius 1 is 1.59 bits per heavy atom. The molecule has 17 heavy (non-hydrogen) atoms. The van der Waals surface area contributed by atoms with E-state index in [1.165, 1.54) is 0 Å². The zero-order valence-electron chi connectivity index (χ0n) is 10.4. The molecule has 2 heterocycles. The van der Waals surface area contributed by atoms with E-state index in [-0.39, 0.29) is 0 Å². The zero-order chi connectivity index (χ0) is 12.5. The highest BCUT2D eigenvalue weighted by Crippen LogP contribution is 2.29. The molecule has 2 rings (SSSR count). The van der Waals surface area contributed by atoms with Gasteiger partial charge in [0, 0.05) is 35.4 Å². The van der Waals surface area contributed by atoms with Crippen LogP contribution in [0.15, 0.2) is 22.8 Å². The van der Waals surface area contributed by atoms with Crippen molar-refractivity contribution in [2.75, 3.05) is 13.6 Å². The van der Waals surface area contributed by atoms with Gasteiger partial charge in [0.05, 0.1) is 5.60 Å². The van der Waals surface area contributed by atoms with E-state index in [4.69, 9.17) is 0 Å². The number of likely N-dealkylation sites (tertiary alicyclic amines) is 1. The van der Waals surface area contributed by atoms with Crippen molar-refractivity contribution in [1.82, 2.24) is 9.88 Å². The first-order valence-electron chi connectivity index (χ1n) is 6.02. The fourth-order valence-corrected chi connectivity index (χ4v) is 2.66. The number of hydrogen-bond acceptors (Lipinski definition) is 3. The summed E-state index contributed by atoms with van der Waals surface area (Å²) >= 11 is 3.37. The van der Waals surface area contributed by atoms with Gasteiger partial charge in [0.2, 0.25) is 0 Å². The van der Waals surface area contributed by atoms with Gasteiger partial charge in [0.15, 0.2) is 0 Å². The molecular weight excluding hydrogens is 280 g/mol. The van der Waals surface area contributed by atoms with Gasteiger partial charge in [0.1, 0.15) is 0 Å². The molecule has 3 nitrogen and oxygen atoms in total. The molecule has 0 saturated carbocycles. The molecule has 0 spiro atoms. The van der Waals surface area contributed by atoms with E-state index < -0.39 is 5.60 Å². The van der Waals surface area contributed by atoms with Crippen molar-refractivity contribution < 1.29 is 5.11 Å². The highest BCUT2D eigenvalue weighted by Gasteiger charge is 2.35. The average Bonchev–Trinajstić information content (AvgIpc) is 2.28. The van der Waals surface area contributed by atoms with Crippen LogP contribution in [0.3, 0.4) is 0 Å². The van der Waals surface area contributed by atoms with Gasteiger partial charge in [-0.1, -0.05) is 0 Å². The van der Waals surface area contributed by atoms with E-state index in [2.05, 4.69) is 39.8 Å². The SMILES string of the molecule is CC1CC(O)(Cc2ccc(Br)cn2)CCN1C. The molecule has 2 atom stereocenters. The van der Waals surface area contributed by atoms with Crippen molar-refractivity contribution in [2.45, 2.75) is 37.8 Å². The lowest BCUT2D eigenvalue weighted by atomic mass is 9.83. The minimum absolute atomic E-state index is 0.434. The van der Waals surface area contributed by atoms with Crippen LogP contribution in [-0.2, 0) is 6.42 Å². The average molecular weight is 299 g/mol. The highest BCUT2D eigenvalue weighted by molar-refractivity contribution is 9.10. The molecule has 0 amide bonds. The van der Waals surface area contributed by atoms with E-state index in [0.29, 0.717) is 12.5 Å². The molecule has 1 aromatic rings. The number of hydrogen-bond donors (Lipinski definition) is 1. The van der Waals surface area contributed by atoms with Gasteiger partial charge in [-0.25, -0.2) is 0 Å². The number of aliphatic hydroxyl groups is 1. The van der Waals surface area contributed by atoms with Crippen LogP contribution in [0.4, 0.5) is 0 Å². The van der Waals surface area contributed by atoms with Gasteiger partial charge in [-0.15, -0.1) is 0 Å². The van der Waals surface area contributed by atoms with Crippen molar-refractivity contribution in [3.8, 4) is 0 Å². The standard InChI is InChI=1S/C13H19BrN2O/c1-10-7-13(17,5-6-16(10)2)8-12-4-3-11(14)9-15-12/h3-4,9-10,17H,5-8H2,1-2H3. The van der Waals surface area contributed by atoms with Gasteiger partial charge < -0.3 is 10.0 Å². The molecule has 1 N–H and O–H groups in total. The molecule has 94 valence electrons. The predicted molar refractivity (Wildman–Crippen MR) is 71.9 cm³/mol. The molecule has 1 aliphatic heterocycles. The van der Waals surface area contributed by atoms with Crippen molar-refractivity contribution in [3.63, 3.8) is 0 Å². The Morgan fingerprint density at radius 3 is 2.94 bits per heavy atom. The van der Waals surface area contributed by atoms with Crippen molar-refractivity contribution in [1.29, 1.82) is 0 Å². The summed E-state index contributed by atoms with van der Waals surface area (Å²) in [5.41, 5.74) is 0.375. The van der Waals surface area contributed by atoms with Gasteiger partial charge >= 0.3 is 0 Å². The van der Waals surface area contributed by atoms with Gasteiger partial charge in [0.25, 0.3) is 0 Å². The van der Waals surface area contributed by atoms with Crippen LogP contribution >= 0.6 is 15.9 Å². The Hall–Kier alpha value is -0.450. The fraction of sp³-hybridized carbons (Fsp3) is 0.615. The minimum Gasteiger partial charge on any atom is -0.389 e. The predicted octanol–water partition coefficient (Wildman–Crippen LogP) is 2.23. The van der Waals surface area contributed by atoms with Crippen LogP contribution in [0, 0.1) is 0 Å². The molecule has 0 radical (unpaired) electrons. The number of pyridine rings is 1. The van der Waals surface area contributed by atoms with E-state index in [1.807, 2.05) is 12.1 Å². The molecule has 1 aliphatic rings. The normalized spacial score (nSPS) is 30.5. The lowest BCUT2D eigenvalue weighted by molar-refractivity contribution is -0.0359. The molecule has 0 aromatic carbocycles. The third-order valence-electron chi connectivity index (χ3n) is 3.66. The second kappa shape index (κ2) is 5.04. The molecule has 0 bridgehead atoms. The van der Waals surface area contributed by atoms with Crippen molar-refractivity contribution >= 4 is 15.9 Å². The van der Waals surface area contributed by atoms with E-state index in [1.54, 1.807) is 6.20 Å². The van der Waals surface area contributed by atoms with Gasteiger partial charge in [-0.05, 0) is 54.9 Å². The van der Waals surface area contributed by atoms with Crippen molar-refractivity contribution in [3.05, 3.63) is 28.5 Å². The smallest absolute Gasteiger partial charge is 0.0730 e. The third kappa shape index (κ3) is 3.27. The maximum atomic E-state index is 10.6. The highest BCUT2D eigenvalue weighted by atomic mass is 79.9. The zero-order valence-corrected chi connectivity index (χ0v) is 11.9. The van der Waals surface area contributed by atoms with E-state index >= 15 is 0 Å². The van der Waals surface area contributed by atoms with Crippen LogP contribution < -0.4 is 0 Å². The summed E-state index contributed by atoms with van der Waals surface area (Å²) < 4.78 is 0.977. The Balaban J connectivity index is 2.05. The molecule has 1 aromatic heterocycles. The molecule has 1 saturated heterocycles. The largest absolute Gasteiger partial charge is 0.389 e. The van der Waals surface area contributed by atoms with Gasteiger partial charge in [-0.2, -0.15) is 0 Å². The first-order valence-corrected chi connectivity index (χ1v) is 6.81. The maximum absolute atomic E-state index is 10.6. The Kier molecular flexibility index (Phi) is 3.85. The Morgan fingerprint density at radius 2 is 2.35 bits per heavy atom. The van der Waals surface area contributed by atoms with Crippen LogP contribution in [0.25, 0.3) is 0 Å². The molecular formula is C13H19BrN2O. The second-order valence-electron chi connectivity index (χ2n) is 5.15. The Labute approximate surface area is 111 Å². The first kappa shape index (κ1) is 13.0. The lowest BCUT2D eigenvalue weighted by Crippen LogP contribution is -2.48. The molecule has 4 heteroatoms. The Bertz CT molecular complexity index is 382. The summed E-state index contributed by atoms with van der Waals surface area (Å²) in [5.74, 6) is 0. The van der Waals surface area contributed by atoms with Crippen LogP contribution in [0.2, 0.25) is 0 Å².